The summed E-state index contributed by atoms with van der Waals surface area (Å²) in [6.45, 7) is 3.84. The monoisotopic (exact) mass is 237 g/mol. The van der Waals surface area contributed by atoms with Crippen LogP contribution in [0.4, 0.5) is 5.69 Å². The van der Waals surface area contributed by atoms with Crippen molar-refractivity contribution in [2.75, 3.05) is 0 Å². The van der Waals surface area contributed by atoms with Gasteiger partial charge in [0.25, 0.3) is 0 Å². The molecule has 1 heterocycles. The zero-order valence-corrected chi connectivity index (χ0v) is 9.87. The Kier molecular flexibility index (Phi) is 2.61. The molecular weight excluding hydrogens is 230 g/mol. The van der Waals surface area contributed by atoms with Crippen molar-refractivity contribution in [3.63, 3.8) is 0 Å². The highest BCUT2D eigenvalue weighted by atomic mass is 35.5. The molecule has 4 heteroatoms. The van der Waals surface area contributed by atoms with Crippen LogP contribution in [-0.2, 0) is 0 Å². The van der Waals surface area contributed by atoms with E-state index in [-0.39, 0.29) is 0 Å². The Balaban J connectivity index is 2.89. The van der Waals surface area contributed by atoms with Crippen molar-refractivity contribution >= 4 is 45.6 Å². The summed E-state index contributed by atoms with van der Waals surface area (Å²) in [6.07, 6.45) is 0. The van der Waals surface area contributed by atoms with Crippen molar-refractivity contribution in [2.24, 2.45) is 4.99 Å². The number of rotatable bonds is 1. The van der Waals surface area contributed by atoms with Crippen LogP contribution in [0.5, 0.6) is 0 Å². The van der Waals surface area contributed by atoms with E-state index in [9.17, 15) is 0 Å². The Bertz CT molecular complexity index is 582. The number of fused-ring (bicyclic) bond motifs is 1. The number of thiocarbonyl (C=S) groups is 1. The van der Waals surface area contributed by atoms with Crippen LogP contribution in [-0.4, -0.2) is 5.16 Å². The van der Waals surface area contributed by atoms with Crippen LogP contribution in [0.2, 0.25) is 5.02 Å². The molecular formula is C11H8ClNOS. The quantitative estimate of drug-likeness (QED) is 0.541. The number of aryl methyl sites for hydroxylation is 2. The first kappa shape index (κ1) is 10.4. The van der Waals surface area contributed by atoms with Gasteiger partial charge < -0.3 is 4.42 Å². The molecule has 0 aliphatic rings. The van der Waals surface area contributed by atoms with Gasteiger partial charge in [-0.1, -0.05) is 11.6 Å². The van der Waals surface area contributed by atoms with Crippen LogP contribution in [0.25, 0.3) is 11.0 Å². The average molecular weight is 238 g/mol. The van der Waals surface area contributed by atoms with Crippen LogP contribution in [0, 0.1) is 13.8 Å². The second kappa shape index (κ2) is 3.78. The second-order valence-corrected chi connectivity index (χ2v) is 3.90. The average Bonchev–Trinajstić information content (AvgIpc) is 2.57. The van der Waals surface area contributed by atoms with E-state index in [1.807, 2.05) is 19.9 Å². The maximum atomic E-state index is 6.07. The highest BCUT2D eigenvalue weighted by Crippen LogP contribution is 2.35. The largest absolute Gasteiger partial charge is 0.460 e. The van der Waals surface area contributed by atoms with Crippen molar-refractivity contribution in [3.8, 4) is 0 Å². The van der Waals surface area contributed by atoms with Gasteiger partial charge in [0.15, 0.2) is 5.58 Å². The molecule has 0 saturated heterocycles. The maximum absolute atomic E-state index is 6.07. The van der Waals surface area contributed by atoms with Crippen molar-refractivity contribution in [2.45, 2.75) is 13.8 Å². The Labute approximate surface area is 97.6 Å². The number of furan rings is 1. The zero-order valence-electron chi connectivity index (χ0n) is 8.30. The van der Waals surface area contributed by atoms with E-state index in [0.29, 0.717) is 10.6 Å². The Morgan fingerprint density at radius 3 is 2.80 bits per heavy atom. The summed E-state index contributed by atoms with van der Waals surface area (Å²) in [5.41, 5.74) is 2.45. The lowest BCUT2D eigenvalue weighted by Crippen LogP contribution is -1.77. The van der Waals surface area contributed by atoms with E-state index in [1.165, 1.54) is 0 Å². The van der Waals surface area contributed by atoms with Gasteiger partial charge in [0, 0.05) is 5.39 Å². The first-order chi connectivity index (χ1) is 7.13. The first-order valence-corrected chi connectivity index (χ1v) is 5.19. The van der Waals surface area contributed by atoms with Crippen LogP contribution < -0.4 is 0 Å². The molecule has 0 aliphatic carbocycles. The predicted octanol–water partition coefficient (Wildman–Crippen LogP) is 4.44. The highest BCUT2D eigenvalue weighted by Gasteiger charge is 2.11. The fraction of sp³-hybridized carbons (Fsp3) is 0.182. The van der Waals surface area contributed by atoms with Crippen molar-refractivity contribution in [1.82, 2.24) is 0 Å². The van der Waals surface area contributed by atoms with Crippen LogP contribution in [0.15, 0.2) is 21.5 Å². The molecule has 0 bridgehead atoms. The van der Waals surface area contributed by atoms with Gasteiger partial charge in [0.1, 0.15) is 5.76 Å². The van der Waals surface area contributed by atoms with Gasteiger partial charge in [-0.15, -0.1) is 0 Å². The van der Waals surface area contributed by atoms with E-state index in [2.05, 4.69) is 22.4 Å². The van der Waals surface area contributed by atoms with Gasteiger partial charge in [0.2, 0.25) is 0 Å². The Morgan fingerprint density at radius 2 is 2.13 bits per heavy atom. The van der Waals surface area contributed by atoms with E-state index < -0.39 is 0 Å². The molecule has 2 nitrogen and oxygen atoms in total. The molecule has 1 aromatic carbocycles. The van der Waals surface area contributed by atoms with Crippen molar-refractivity contribution in [3.05, 3.63) is 28.5 Å². The molecule has 0 amide bonds. The summed E-state index contributed by atoms with van der Waals surface area (Å²) < 4.78 is 5.49. The van der Waals surface area contributed by atoms with E-state index in [0.717, 1.165) is 22.4 Å². The van der Waals surface area contributed by atoms with Gasteiger partial charge >= 0.3 is 0 Å². The van der Waals surface area contributed by atoms with Gasteiger partial charge in [-0.3, -0.25) is 0 Å². The van der Waals surface area contributed by atoms with Gasteiger partial charge in [-0.2, -0.15) is 4.99 Å². The maximum Gasteiger partial charge on any atom is 0.153 e. The lowest BCUT2D eigenvalue weighted by Gasteiger charge is -2.01. The van der Waals surface area contributed by atoms with Gasteiger partial charge in [-0.05, 0) is 43.8 Å². The molecule has 0 unspecified atom stereocenters. The third-order valence-electron chi connectivity index (χ3n) is 2.29. The fourth-order valence-electron chi connectivity index (χ4n) is 1.57. The fourth-order valence-corrected chi connectivity index (χ4v) is 1.91. The number of isothiocyanates is 1. The molecule has 0 N–H and O–H groups in total. The molecule has 76 valence electrons. The zero-order chi connectivity index (χ0) is 11.0. The Morgan fingerprint density at radius 1 is 1.40 bits per heavy atom. The summed E-state index contributed by atoms with van der Waals surface area (Å²) in [4.78, 5) is 3.97. The van der Waals surface area contributed by atoms with Gasteiger partial charge in [-0.25, -0.2) is 0 Å². The van der Waals surface area contributed by atoms with E-state index in [1.54, 1.807) is 6.07 Å². The minimum Gasteiger partial charge on any atom is -0.460 e. The standard InChI is InChI=1S/C11H8ClNOS/c1-6-3-8-7(2)10(13-5-15)4-9(12)11(8)14-6/h3-4H,1-2H3. The highest BCUT2D eigenvalue weighted by molar-refractivity contribution is 7.78. The van der Waals surface area contributed by atoms with Crippen LogP contribution in [0.3, 0.4) is 0 Å². The Hall–Kier alpha value is -1.15. The second-order valence-electron chi connectivity index (χ2n) is 3.31. The normalized spacial score (nSPS) is 10.3. The molecule has 15 heavy (non-hydrogen) atoms. The molecule has 0 aliphatic heterocycles. The molecule has 0 radical (unpaired) electrons. The molecule has 1 aromatic heterocycles. The summed E-state index contributed by atoms with van der Waals surface area (Å²) in [5.74, 6) is 0.832. The number of hydrogen-bond donors (Lipinski definition) is 0. The SMILES string of the molecule is Cc1cc2c(C)c(N=C=S)cc(Cl)c2o1. The smallest absolute Gasteiger partial charge is 0.153 e. The van der Waals surface area contributed by atoms with Gasteiger partial charge in [0.05, 0.1) is 15.9 Å². The minimum absolute atomic E-state index is 0.549. The molecule has 0 saturated carbocycles. The molecule has 2 rings (SSSR count). The number of halogens is 1. The van der Waals surface area contributed by atoms with Crippen molar-refractivity contribution in [1.29, 1.82) is 0 Å². The first-order valence-electron chi connectivity index (χ1n) is 4.40. The minimum atomic E-state index is 0.549. The molecule has 2 aromatic rings. The summed E-state index contributed by atoms with van der Waals surface area (Å²) in [7, 11) is 0. The predicted molar refractivity (Wildman–Crippen MR) is 65.4 cm³/mol. The lowest BCUT2D eigenvalue weighted by molar-refractivity contribution is 0.578. The molecule has 0 fully saturated rings. The third-order valence-corrected chi connectivity index (χ3v) is 2.66. The van der Waals surface area contributed by atoms with E-state index >= 15 is 0 Å². The summed E-state index contributed by atoms with van der Waals surface area (Å²) in [6, 6.07) is 3.68. The number of nitrogens with zero attached hydrogens (tertiary/aromatic N) is 1. The lowest BCUT2D eigenvalue weighted by atomic mass is 10.1. The topological polar surface area (TPSA) is 25.5 Å². The molecule has 0 atom stereocenters. The summed E-state index contributed by atoms with van der Waals surface area (Å²) in [5, 5.41) is 3.87. The number of aliphatic imine (C=N–C) groups is 1. The summed E-state index contributed by atoms with van der Waals surface area (Å²) >= 11 is 10.6. The third kappa shape index (κ3) is 1.70. The molecule has 0 spiro atoms. The van der Waals surface area contributed by atoms with Crippen LogP contribution >= 0.6 is 23.8 Å². The van der Waals surface area contributed by atoms with Crippen LogP contribution in [0.1, 0.15) is 11.3 Å². The number of hydrogen-bond acceptors (Lipinski definition) is 3. The number of benzene rings is 1. The van der Waals surface area contributed by atoms with Crippen molar-refractivity contribution < 1.29 is 4.42 Å². The van der Waals surface area contributed by atoms with E-state index in [4.69, 9.17) is 16.0 Å².